The van der Waals surface area contributed by atoms with Crippen molar-refractivity contribution in [1.29, 1.82) is 0 Å². The fourth-order valence-corrected chi connectivity index (χ4v) is 3.01. The molecule has 1 aromatic carbocycles. The van der Waals surface area contributed by atoms with Gasteiger partial charge in [-0.05, 0) is 25.3 Å². The quantitative estimate of drug-likeness (QED) is 0.804. The molecule has 0 saturated heterocycles. The Morgan fingerprint density at radius 3 is 2.60 bits per heavy atom. The van der Waals surface area contributed by atoms with E-state index in [0.29, 0.717) is 12.1 Å². The van der Waals surface area contributed by atoms with E-state index in [1.54, 1.807) is 0 Å². The smallest absolute Gasteiger partial charge is 0.0655 e. The number of nitrogens with one attached hydrogen (secondary N) is 1. The molecule has 0 heterocycles. The van der Waals surface area contributed by atoms with Crippen molar-refractivity contribution in [2.24, 2.45) is 5.41 Å². The molecular weight excluding hydrogens is 250 g/mol. The highest BCUT2D eigenvalue weighted by Crippen LogP contribution is 2.42. The van der Waals surface area contributed by atoms with E-state index < -0.39 is 0 Å². The fourth-order valence-electron chi connectivity index (χ4n) is 3.01. The Morgan fingerprint density at radius 2 is 2.05 bits per heavy atom. The highest BCUT2D eigenvalue weighted by atomic mass is 16.5. The average molecular weight is 277 g/mol. The molecule has 3 nitrogen and oxygen atoms in total. The summed E-state index contributed by atoms with van der Waals surface area (Å²) in [4.78, 5) is 0. The molecule has 0 spiro atoms. The molecule has 2 rings (SSSR count). The summed E-state index contributed by atoms with van der Waals surface area (Å²) < 4.78 is 5.75. The zero-order valence-electron chi connectivity index (χ0n) is 12.8. The minimum absolute atomic E-state index is 0.115. The zero-order valence-corrected chi connectivity index (χ0v) is 12.8. The van der Waals surface area contributed by atoms with Gasteiger partial charge in [-0.2, -0.15) is 0 Å². The number of aliphatic hydroxyl groups excluding tert-OH is 1. The largest absolute Gasteiger partial charge is 0.395 e. The number of rotatable bonds is 7. The topological polar surface area (TPSA) is 41.5 Å². The van der Waals surface area contributed by atoms with Gasteiger partial charge in [0, 0.05) is 24.1 Å². The molecule has 0 aliphatic heterocycles. The third-order valence-corrected chi connectivity index (χ3v) is 4.53. The van der Waals surface area contributed by atoms with Crippen LogP contribution in [0.2, 0.25) is 0 Å². The first-order valence-electron chi connectivity index (χ1n) is 7.60. The van der Waals surface area contributed by atoms with Crippen LogP contribution in [0.3, 0.4) is 0 Å². The van der Waals surface area contributed by atoms with Crippen molar-refractivity contribution >= 4 is 0 Å². The maximum Gasteiger partial charge on any atom is 0.0655 e. The van der Waals surface area contributed by atoms with Gasteiger partial charge in [-0.25, -0.2) is 0 Å². The lowest BCUT2D eigenvalue weighted by Crippen LogP contribution is -2.63. The van der Waals surface area contributed by atoms with Gasteiger partial charge in [0.25, 0.3) is 0 Å². The molecule has 2 unspecified atom stereocenters. The van der Waals surface area contributed by atoms with Crippen LogP contribution in [0.5, 0.6) is 0 Å². The lowest BCUT2D eigenvalue weighted by atomic mass is 9.64. The predicted molar refractivity (Wildman–Crippen MR) is 81.8 cm³/mol. The third-order valence-electron chi connectivity index (χ3n) is 4.53. The highest BCUT2D eigenvalue weighted by Gasteiger charge is 2.49. The van der Waals surface area contributed by atoms with E-state index in [0.717, 1.165) is 19.4 Å². The molecule has 20 heavy (non-hydrogen) atoms. The number of benzene rings is 1. The van der Waals surface area contributed by atoms with E-state index in [-0.39, 0.29) is 18.1 Å². The molecule has 1 saturated carbocycles. The average Bonchev–Trinajstić information content (AvgIpc) is 2.46. The summed E-state index contributed by atoms with van der Waals surface area (Å²) in [6, 6.07) is 10.9. The van der Waals surface area contributed by atoms with Crippen LogP contribution in [0.1, 0.15) is 32.8 Å². The highest BCUT2D eigenvalue weighted by molar-refractivity contribution is 5.16. The van der Waals surface area contributed by atoms with E-state index >= 15 is 0 Å². The Bertz CT molecular complexity index is 405. The molecule has 0 bridgehead atoms. The molecule has 1 aliphatic carbocycles. The Morgan fingerprint density at radius 1 is 1.35 bits per heavy atom. The van der Waals surface area contributed by atoms with Crippen molar-refractivity contribution in [3.63, 3.8) is 0 Å². The number of hydrogen-bond acceptors (Lipinski definition) is 3. The normalized spacial score (nSPS) is 26.0. The van der Waals surface area contributed by atoms with E-state index in [2.05, 4.69) is 31.3 Å². The number of ether oxygens (including phenoxy) is 1. The van der Waals surface area contributed by atoms with Crippen molar-refractivity contribution in [2.45, 2.75) is 51.8 Å². The first-order chi connectivity index (χ1) is 9.57. The van der Waals surface area contributed by atoms with Crippen LogP contribution in [0, 0.1) is 5.41 Å². The van der Waals surface area contributed by atoms with Gasteiger partial charge in [0.05, 0.1) is 12.7 Å². The molecule has 0 aromatic heterocycles. The van der Waals surface area contributed by atoms with Crippen LogP contribution in [-0.4, -0.2) is 36.5 Å². The minimum atomic E-state index is 0.115. The molecule has 3 heteroatoms. The van der Waals surface area contributed by atoms with E-state index in [1.807, 2.05) is 25.1 Å². The SMILES string of the molecule is CCOC1CC(N[C@H](CO)Cc2ccccc2)C1(C)C. The van der Waals surface area contributed by atoms with Gasteiger partial charge in [-0.3, -0.25) is 0 Å². The molecule has 0 amide bonds. The Labute approximate surface area is 122 Å². The van der Waals surface area contributed by atoms with Gasteiger partial charge in [0.2, 0.25) is 0 Å². The summed E-state index contributed by atoms with van der Waals surface area (Å²) in [5.41, 5.74) is 1.40. The van der Waals surface area contributed by atoms with Gasteiger partial charge in [-0.15, -0.1) is 0 Å². The standard InChI is InChI=1S/C17H27NO2/c1-4-20-16-11-15(17(16,2)3)18-14(12-19)10-13-8-6-5-7-9-13/h5-9,14-16,18-19H,4,10-12H2,1-3H3/t14-,15?,16?/m0/s1. The number of hydrogen-bond donors (Lipinski definition) is 2. The molecule has 1 aromatic rings. The second-order valence-electron chi connectivity index (χ2n) is 6.29. The third kappa shape index (κ3) is 3.40. The van der Waals surface area contributed by atoms with E-state index in [1.165, 1.54) is 5.56 Å². The maximum atomic E-state index is 9.60. The summed E-state index contributed by atoms with van der Waals surface area (Å²) in [6.07, 6.45) is 2.23. The van der Waals surface area contributed by atoms with Crippen LogP contribution in [0.4, 0.5) is 0 Å². The van der Waals surface area contributed by atoms with Crippen LogP contribution in [-0.2, 0) is 11.2 Å². The monoisotopic (exact) mass is 277 g/mol. The van der Waals surface area contributed by atoms with Gasteiger partial charge in [0.1, 0.15) is 0 Å². The molecule has 2 N–H and O–H groups in total. The molecule has 3 atom stereocenters. The van der Waals surface area contributed by atoms with Crippen molar-refractivity contribution in [3.05, 3.63) is 35.9 Å². The summed E-state index contributed by atoms with van der Waals surface area (Å²) in [7, 11) is 0. The second-order valence-corrected chi connectivity index (χ2v) is 6.29. The molecule has 1 fully saturated rings. The van der Waals surface area contributed by atoms with Crippen molar-refractivity contribution < 1.29 is 9.84 Å². The lowest BCUT2D eigenvalue weighted by molar-refractivity contribution is -0.117. The second kappa shape index (κ2) is 6.70. The van der Waals surface area contributed by atoms with Crippen LogP contribution in [0.15, 0.2) is 30.3 Å². The maximum absolute atomic E-state index is 9.60. The molecule has 112 valence electrons. The van der Waals surface area contributed by atoms with Gasteiger partial charge in [-0.1, -0.05) is 44.2 Å². The summed E-state index contributed by atoms with van der Waals surface area (Å²) in [5.74, 6) is 0. The van der Waals surface area contributed by atoms with Crippen LogP contribution >= 0.6 is 0 Å². The lowest BCUT2D eigenvalue weighted by Gasteiger charge is -2.52. The summed E-state index contributed by atoms with van der Waals surface area (Å²) >= 11 is 0. The fraction of sp³-hybridized carbons (Fsp3) is 0.647. The van der Waals surface area contributed by atoms with Gasteiger partial charge >= 0.3 is 0 Å². The van der Waals surface area contributed by atoms with Crippen molar-refractivity contribution in [1.82, 2.24) is 5.32 Å². The van der Waals surface area contributed by atoms with Crippen molar-refractivity contribution in [2.75, 3.05) is 13.2 Å². The molecule has 0 radical (unpaired) electrons. The Balaban J connectivity index is 1.88. The predicted octanol–water partition coefficient (Wildman–Crippen LogP) is 2.38. The van der Waals surface area contributed by atoms with Crippen LogP contribution in [0.25, 0.3) is 0 Å². The van der Waals surface area contributed by atoms with E-state index in [9.17, 15) is 5.11 Å². The van der Waals surface area contributed by atoms with E-state index in [4.69, 9.17) is 4.74 Å². The Hall–Kier alpha value is -0.900. The van der Waals surface area contributed by atoms with Crippen LogP contribution < -0.4 is 5.32 Å². The molecule has 1 aliphatic rings. The van der Waals surface area contributed by atoms with Gasteiger partial charge in [0.15, 0.2) is 0 Å². The van der Waals surface area contributed by atoms with Crippen molar-refractivity contribution in [3.8, 4) is 0 Å². The minimum Gasteiger partial charge on any atom is -0.395 e. The Kier molecular flexibility index (Phi) is 5.19. The first-order valence-corrected chi connectivity index (χ1v) is 7.60. The first kappa shape index (κ1) is 15.5. The van der Waals surface area contributed by atoms with Gasteiger partial charge < -0.3 is 15.2 Å². The molecular formula is C17H27NO2. The summed E-state index contributed by atoms with van der Waals surface area (Å²) in [6.45, 7) is 7.47. The number of aliphatic hydroxyl groups is 1. The zero-order chi connectivity index (χ0) is 14.6. The summed E-state index contributed by atoms with van der Waals surface area (Å²) in [5, 5.41) is 13.2.